The lowest BCUT2D eigenvalue weighted by Crippen LogP contribution is -2.17. The van der Waals surface area contributed by atoms with Crippen LogP contribution in [0, 0.1) is 6.92 Å². The molecular formula is C10H10N2O2S. The van der Waals surface area contributed by atoms with Gasteiger partial charge in [-0.1, -0.05) is 11.6 Å². The van der Waals surface area contributed by atoms with Gasteiger partial charge in [0.2, 0.25) is 0 Å². The van der Waals surface area contributed by atoms with Gasteiger partial charge in [0.25, 0.3) is 5.43 Å². The van der Waals surface area contributed by atoms with Crippen LogP contribution in [0.3, 0.4) is 0 Å². The second-order valence-corrected chi connectivity index (χ2v) is 4.66. The molecule has 1 aromatic carbocycles. The number of hydrogen-bond acceptors (Lipinski definition) is 3. The fourth-order valence-corrected chi connectivity index (χ4v) is 1.96. The van der Waals surface area contributed by atoms with E-state index in [1.165, 1.54) is 6.26 Å². The van der Waals surface area contributed by atoms with Gasteiger partial charge in [0.05, 0.1) is 10.9 Å². The van der Waals surface area contributed by atoms with Gasteiger partial charge in [-0.2, -0.15) is 0 Å². The van der Waals surface area contributed by atoms with E-state index >= 15 is 0 Å². The Kier molecular flexibility index (Phi) is 2.50. The van der Waals surface area contributed by atoms with E-state index in [-0.39, 0.29) is 10.5 Å². The normalized spacial score (nSPS) is 13.0. The molecule has 0 spiro atoms. The molecule has 78 valence electrons. The van der Waals surface area contributed by atoms with E-state index in [0.29, 0.717) is 10.9 Å². The van der Waals surface area contributed by atoms with Gasteiger partial charge in [-0.15, -0.1) is 5.10 Å². The van der Waals surface area contributed by atoms with Crippen LogP contribution in [0.1, 0.15) is 5.56 Å². The van der Waals surface area contributed by atoms with Gasteiger partial charge in [-0.3, -0.25) is 9.89 Å². The Bertz CT molecular complexity index is 563. The van der Waals surface area contributed by atoms with Gasteiger partial charge in [0.1, 0.15) is 6.26 Å². The van der Waals surface area contributed by atoms with Crippen molar-refractivity contribution in [3.63, 3.8) is 0 Å². The van der Waals surface area contributed by atoms with Crippen LogP contribution in [0.25, 0.3) is 10.9 Å². The molecule has 1 unspecified atom stereocenters. The molecule has 1 heterocycles. The molecule has 5 heteroatoms. The summed E-state index contributed by atoms with van der Waals surface area (Å²) in [5, 5.41) is 7.14. The zero-order valence-electron chi connectivity index (χ0n) is 8.40. The first kappa shape index (κ1) is 10.2. The summed E-state index contributed by atoms with van der Waals surface area (Å²) < 4.78 is 11.2. The highest BCUT2D eigenvalue weighted by molar-refractivity contribution is 7.90. The maximum absolute atomic E-state index is 11.8. The number of aromatic amines is 1. The predicted octanol–water partition coefficient (Wildman–Crippen LogP) is 0.969. The summed E-state index contributed by atoms with van der Waals surface area (Å²) in [5.74, 6) is 0. The van der Waals surface area contributed by atoms with Crippen LogP contribution in [-0.4, -0.2) is 21.0 Å². The summed E-state index contributed by atoms with van der Waals surface area (Å²) in [7, 11) is 0. The number of aromatic nitrogens is 2. The molecule has 0 radical (unpaired) electrons. The van der Waals surface area contributed by atoms with Gasteiger partial charge in [-0.05, 0) is 19.1 Å². The number of fused-ring (bicyclic) bond motifs is 1. The smallest absolute Gasteiger partial charge is 0.309 e. The third-order valence-corrected chi connectivity index (χ3v) is 2.99. The monoisotopic (exact) mass is 222 g/mol. The molecule has 2 aromatic rings. The van der Waals surface area contributed by atoms with Crippen LogP contribution in [0.15, 0.2) is 28.0 Å². The van der Waals surface area contributed by atoms with Crippen molar-refractivity contribution >= 4 is 22.1 Å². The maximum atomic E-state index is 11.8. The number of hydrogen-bond donors (Lipinski definition) is 1. The first-order valence-electron chi connectivity index (χ1n) is 4.42. The minimum atomic E-state index is -1.36. The highest BCUT2D eigenvalue weighted by Crippen LogP contribution is 2.10. The second kappa shape index (κ2) is 3.67. The summed E-state index contributed by atoms with van der Waals surface area (Å²) in [5.41, 5.74) is 1.40. The lowest BCUT2D eigenvalue weighted by atomic mass is 10.1. The van der Waals surface area contributed by atoms with E-state index in [1.807, 2.05) is 13.0 Å². The number of nitrogens with zero attached hydrogens (tertiary/aromatic N) is 1. The van der Waals surface area contributed by atoms with Crippen molar-refractivity contribution in [2.45, 2.75) is 11.9 Å². The summed E-state index contributed by atoms with van der Waals surface area (Å²) in [6.45, 7) is 1.90. The molecule has 0 aliphatic heterocycles. The molecule has 1 atom stereocenters. The SMILES string of the molecule is Cc1ccc2[nH]nc([S+](C)[O-])c(=O)c2c1. The van der Waals surface area contributed by atoms with Crippen molar-refractivity contribution in [3.8, 4) is 0 Å². The van der Waals surface area contributed by atoms with E-state index in [1.54, 1.807) is 12.1 Å². The Morgan fingerprint density at radius 3 is 2.87 bits per heavy atom. The van der Waals surface area contributed by atoms with Crippen LogP contribution in [0.5, 0.6) is 0 Å². The maximum Gasteiger partial charge on any atom is 0.309 e. The topological polar surface area (TPSA) is 68.8 Å². The highest BCUT2D eigenvalue weighted by Gasteiger charge is 2.14. The molecular weight excluding hydrogens is 212 g/mol. The van der Waals surface area contributed by atoms with Crippen LogP contribution in [0.2, 0.25) is 0 Å². The van der Waals surface area contributed by atoms with Crippen molar-refractivity contribution in [2.24, 2.45) is 0 Å². The second-order valence-electron chi connectivity index (χ2n) is 3.36. The van der Waals surface area contributed by atoms with Gasteiger partial charge in [0.15, 0.2) is 0 Å². The first-order valence-corrected chi connectivity index (χ1v) is 5.98. The number of nitrogens with one attached hydrogen (secondary N) is 1. The molecule has 15 heavy (non-hydrogen) atoms. The van der Waals surface area contributed by atoms with E-state index in [0.717, 1.165) is 5.56 Å². The van der Waals surface area contributed by atoms with Gasteiger partial charge >= 0.3 is 5.03 Å². The third-order valence-electron chi connectivity index (χ3n) is 2.16. The van der Waals surface area contributed by atoms with Crippen LogP contribution < -0.4 is 5.43 Å². The van der Waals surface area contributed by atoms with Gasteiger partial charge in [-0.25, -0.2) is 0 Å². The summed E-state index contributed by atoms with van der Waals surface area (Å²) in [6, 6.07) is 5.45. The quantitative estimate of drug-likeness (QED) is 0.731. The zero-order valence-corrected chi connectivity index (χ0v) is 9.22. The highest BCUT2D eigenvalue weighted by atomic mass is 32.2. The van der Waals surface area contributed by atoms with Crippen molar-refractivity contribution in [3.05, 3.63) is 34.0 Å². The first-order chi connectivity index (χ1) is 7.09. The molecule has 1 N–H and O–H groups in total. The summed E-state index contributed by atoms with van der Waals surface area (Å²) in [4.78, 5) is 11.8. The Morgan fingerprint density at radius 2 is 2.20 bits per heavy atom. The lowest BCUT2D eigenvalue weighted by Gasteiger charge is -2.03. The molecule has 0 fully saturated rings. The number of benzene rings is 1. The Morgan fingerprint density at radius 1 is 1.47 bits per heavy atom. The van der Waals surface area contributed by atoms with Crippen molar-refractivity contribution in [2.75, 3.05) is 6.26 Å². The van der Waals surface area contributed by atoms with Crippen LogP contribution in [-0.2, 0) is 11.2 Å². The molecule has 0 aliphatic rings. The van der Waals surface area contributed by atoms with Crippen LogP contribution in [0.4, 0.5) is 0 Å². The van der Waals surface area contributed by atoms with E-state index in [2.05, 4.69) is 10.2 Å². The Labute approximate surface area is 89.5 Å². The Hall–Kier alpha value is -1.33. The largest absolute Gasteiger partial charge is 0.610 e. The standard InChI is InChI=1S/C10H10N2O2S/c1-6-3-4-8-7(5-6)9(13)10(12-11-8)15(2)14/h3-5H,1-2H3,(H,11,13). The van der Waals surface area contributed by atoms with Crippen molar-refractivity contribution in [1.29, 1.82) is 0 Å². The average molecular weight is 222 g/mol. The number of rotatable bonds is 1. The number of H-pyrrole nitrogens is 1. The number of aryl methyl sites for hydroxylation is 1. The van der Waals surface area contributed by atoms with Crippen LogP contribution >= 0.6 is 0 Å². The molecule has 2 rings (SSSR count). The third kappa shape index (κ3) is 1.75. The molecule has 0 bridgehead atoms. The van der Waals surface area contributed by atoms with E-state index in [4.69, 9.17) is 0 Å². The fourth-order valence-electron chi connectivity index (χ4n) is 1.42. The van der Waals surface area contributed by atoms with Gasteiger partial charge in [0, 0.05) is 11.2 Å². The van der Waals surface area contributed by atoms with E-state index in [9.17, 15) is 9.35 Å². The molecule has 1 aromatic heterocycles. The van der Waals surface area contributed by atoms with Crippen molar-refractivity contribution in [1.82, 2.24) is 10.2 Å². The fraction of sp³-hybridized carbons (Fsp3) is 0.200. The minimum Gasteiger partial charge on any atom is -0.610 e. The average Bonchev–Trinajstić information content (AvgIpc) is 2.19. The zero-order chi connectivity index (χ0) is 11.0. The Balaban J connectivity index is 2.83. The molecule has 0 aliphatic carbocycles. The lowest BCUT2D eigenvalue weighted by molar-refractivity contribution is 0.594. The molecule has 0 saturated heterocycles. The van der Waals surface area contributed by atoms with E-state index < -0.39 is 11.2 Å². The summed E-state index contributed by atoms with van der Waals surface area (Å²) in [6.07, 6.45) is 1.44. The predicted molar refractivity (Wildman–Crippen MR) is 59.4 cm³/mol. The molecule has 0 saturated carbocycles. The molecule has 4 nitrogen and oxygen atoms in total. The minimum absolute atomic E-state index is 0.0769. The molecule has 0 amide bonds. The van der Waals surface area contributed by atoms with Gasteiger partial charge < -0.3 is 4.55 Å². The van der Waals surface area contributed by atoms with Crippen molar-refractivity contribution < 1.29 is 4.55 Å². The summed E-state index contributed by atoms with van der Waals surface area (Å²) >= 11 is -1.36.